The molecule has 1 aromatic carbocycles. The fourth-order valence-electron chi connectivity index (χ4n) is 4.99. The van der Waals surface area contributed by atoms with Gasteiger partial charge in [-0.15, -0.1) is 0 Å². The van der Waals surface area contributed by atoms with Crippen LogP contribution in [0.15, 0.2) is 60.9 Å². The monoisotopic (exact) mass is 431 g/mol. The molecule has 5 nitrogen and oxygen atoms in total. The number of benzene rings is 1. The minimum absolute atomic E-state index is 0.115. The summed E-state index contributed by atoms with van der Waals surface area (Å²) in [5, 5.41) is 3.06. The van der Waals surface area contributed by atoms with E-state index >= 15 is 0 Å². The molecular weight excluding hydrogens is 398 g/mol. The van der Waals surface area contributed by atoms with Crippen LogP contribution in [0.3, 0.4) is 0 Å². The number of carbonyl (C=O) groups excluding carboxylic acids is 2. The van der Waals surface area contributed by atoms with Gasteiger partial charge < -0.3 is 10.2 Å². The van der Waals surface area contributed by atoms with Crippen LogP contribution in [0.1, 0.15) is 44.6 Å². The first-order valence-corrected chi connectivity index (χ1v) is 11.8. The average molecular weight is 432 g/mol. The van der Waals surface area contributed by atoms with Crippen molar-refractivity contribution in [2.24, 2.45) is 11.3 Å². The summed E-state index contributed by atoms with van der Waals surface area (Å²) in [6.45, 7) is 3.89. The third-order valence-corrected chi connectivity index (χ3v) is 6.95. The normalized spacial score (nSPS) is 19.7. The molecule has 2 aliphatic rings. The van der Waals surface area contributed by atoms with Crippen molar-refractivity contribution in [3.05, 3.63) is 66.5 Å². The zero-order valence-corrected chi connectivity index (χ0v) is 18.9. The smallest absolute Gasteiger partial charge is 0.226 e. The van der Waals surface area contributed by atoms with Crippen molar-refractivity contribution in [3.8, 4) is 11.1 Å². The fourth-order valence-corrected chi connectivity index (χ4v) is 4.99. The van der Waals surface area contributed by atoms with E-state index in [1.54, 1.807) is 12.4 Å². The number of carbonyl (C=O) groups is 2. The van der Waals surface area contributed by atoms with Crippen LogP contribution in [0.2, 0.25) is 0 Å². The van der Waals surface area contributed by atoms with Gasteiger partial charge in [0.05, 0.1) is 5.41 Å². The maximum atomic E-state index is 13.1. The predicted octanol–water partition coefficient (Wildman–Crippen LogP) is 4.39. The molecule has 1 aromatic heterocycles. The molecule has 0 bridgehead atoms. The van der Waals surface area contributed by atoms with Gasteiger partial charge in [-0.1, -0.05) is 36.4 Å². The van der Waals surface area contributed by atoms with Crippen molar-refractivity contribution in [2.75, 3.05) is 19.6 Å². The number of aromatic nitrogens is 1. The Kier molecular flexibility index (Phi) is 7.03. The van der Waals surface area contributed by atoms with Crippen LogP contribution in [-0.4, -0.2) is 41.3 Å². The lowest BCUT2D eigenvalue weighted by molar-refractivity contribution is -0.141. The standard InChI is InChI=1S/C27H33N3O2/c1-2-29-26(32)27(13-17-30(18-14-27)25(31)19-21-5-3-4-6-21)20-22-7-9-23(10-8-22)24-11-15-28-16-12-24/h3,5,7-12,15-16,21H,2,4,6,13-14,17-20H2,1H3,(H,29,32). The summed E-state index contributed by atoms with van der Waals surface area (Å²) in [6.07, 6.45) is 12.8. The van der Waals surface area contributed by atoms with Crippen LogP contribution in [-0.2, 0) is 16.0 Å². The molecule has 1 fully saturated rings. The maximum Gasteiger partial charge on any atom is 0.226 e. The lowest BCUT2D eigenvalue weighted by Gasteiger charge is -2.41. The van der Waals surface area contributed by atoms with E-state index in [9.17, 15) is 9.59 Å². The fraction of sp³-hybridized carbons (Fsp3) is 0.444. The lowest BCUT2D eigenvalue weighted by atomic mass is 9.72. The summed E-state index contributed by atoms with van der Waals surface area (Å²) in [5.74, 6) is 0.730. The van der Waals surface area contributed by atoms with Crippen molar-refractivity contribution in [3.63, 3.8) is 0 Å². The van der Waals surface area contributed by atoms with Crippen LogP contribution >= 0.6 is 0 Å². The van der Waals surface area contributed by atoms with Crippen LogP contribution < -0.4 is 5.32 Å². The van der Waals surface area contributed by atoms with Crippen LogP contribution in [0.25, 0.3) is 11.1 Å². The van der Waals surface area contributed by atoms with E-state index in [4.69, 9.17) is 0 Å². The van der Waals surface area contributed by atoms with Gasteiger partial charge in [-0.2, -0.15) is 0 Å². The Morgan fingerprint density at radius 1 is 1.06 bits per heavy atom. The van der Waals surface area contributed by atoms with E-state index in [1.807, 2.05) is 24.0 Å². The van der Waals surface area contributed by atoms with Crippen LogP contribution in [0, 0.1) is 11.3 Å². The molecule has 5 heteroatoms. The first-order chi connectivity index (χ1) is 15.6. The number of hydrogen-bond acceptors (Lipinski definition) is 3. The lowest BCUT2D eigenvalue weighted by Crippen LogP contribution is -2.51. The predicted molar refractivity (Wildman–Crippen MR) is 127 cm³/mol. The quantitative estimate of drug-likeness (QED) is 0.661. The molecule has 1 saturated heterocycles. The highest BCUT2D eigenvalue weighted by Gasteiger charge is 2.42. The van der Waals surface area contributed by atoms with Crippen molar-refractivity contribution in [2.45, 2.75) is 45.4 Å². The molecule has 0 radical (unpaired) electrons. The molecule has 168 valence electrons. The molecule has 0 spiro atoms. The van der Waals surface area contributed by atoms with E-state index in [2.05, 4.69) is 46.7 Å². The number of nitrogens with one attached hydrogen (secondary N) is 1. The van der Waals surface area contributed by atoms with Gasteiger partial charge in [0.25, 0.3) is 0 Å². The Balaban J connectivity index is 1.44. The molecule has 4 rings (SSSR count). The highest BCUT2D eigenvalue weighted by atomic mass is 16.2. The largest absolute Gasteiger partial charge is 0.356 e. The second-order valence-corrected chi connectivity index (χ2v) is 9.10. The van der Waals surface area contributed by atoms with Crippen molar-refractivity contribution in [1.82, 2.24) is 15.2 Å². The van der Waals surface area contributed by atoms with E-state index in [-0.39, 0.29) is 11.8 Å². The van der Waals surface area contributed by atoms with E-state index in [0.29, 0.717) is 51.2 Å². The van der Waals surface area contributed by atoms with Gasteiger partial charge in [0, 0.05) is 38.4 Å². The summed E-state index contributed by atoms with van der Waals surface area (Å²) >= 11 is 0. The second-order valence-electron chi connectivity index (χ2n) is 9.10. The minimum atomic E-state index is -0.460. The summed E-state index contributed by atoms with van der Waals surface area (Å²) < 4.78 is 0. The Morgan fingerprint density at radius 3 is 2.38 bits per heavy atom. The van der Waals surface area contributed by atoms with Crippen molar-refractivity contribution >= 4 is 11.8 Å². The number of hydrogen-bond donors (Lipinski definition) is 1. The van der Waals surface area contributed by atoms with Gasteiger partial charge in [0.2, 0.25) is 11.8 Å². The van der Waals surface area contributed by atoms with Gasteiger partial charge in [0.15, 0.2) is 0 Å². The third kappa shape index (κ3) is 5.09. The Morgan fingerprint density at radius 2 is 1.75 bits per heavy atom. The number of allylic oxidation sites excluding steroid dienone is 2. The topological polar surface area (TPSA) is 62.3 Å². The van der Waals surface area contributed by atoms with Gasteiger partial charge in [0.1, 0.15) is 0 Å². The van der Waals surface area contributed by atoms with Crippen molar-refractivity contribution < 1.29 is 9.59 Å². The molecule has 1 unspecified atom stereocenters. The number of amides is 2. The highest BCUT2D eigenvalue weighted by Crippen LogP contribution is 2.37. The highest BCUT2D eigenvalue weighted by molar-refractivity contribution is 5.84. The summed E-state index contributed by atoms with van der Waals surface area (Å²) in [7, 11) is 0. The second kappa shape index (κ2) is 10.1. The molecule has 2 amide bonds. The summed E-state index contributed by atoms with van der Waals surface area (Å²) in [6, 6.07) is 12.5. The maximum absolute atomic E-state index is 13.1. The van der Waals surface area contributed by atoms with E-state index in [0.717, 1.165) is 29.5 Å². The van der Waals surface area contributed by atoms with Crippen LogP contribution in [0.5, 0.6) is 0 Å². The van der Waals surface area contributed by atoms with Crippen molar-refractivity contribution in [1.29, 1.82) is 0 Å². The van der Waals surface area contributed by atoms with E-state index < -0.39 is 5.41 Å². The number of pyridine rings is 1. The molecule has 0 saturated carbocycles. The zero-order chi connectivity index (χ0) is 22.4. The van der Waals surface area contributed by atoms with Gasteiger partial charge in [-0.3, -0.25) is 14.6 Å². The number of likely N-dealkylation sites (tertiary alicyclic amines) is 1. The molecule has 32 heavy (non-hydrogen) atoms. The first-order valence-electron chi connectivity index (χ1n) is 11.8. The Bertz CT molecular complexity index is 945. The molecule has 1 aliphatic carbocycles. The SMILES string of the molecule is CCNC(=O)C1(Cc2ccc(-c3ccncc3)cc2)CCN(C(=O)CC2C=CCC2)CC1. The Hall–Kier alpha value is -2.95. The van der Waals surface area contributed by atoms with Crippen LogP contribution in [0.4, 0.5) is 0 Å². The van der Waals surface area contributed by atoms with Gasteiger partial charge >= 0.3 is 0 Å². The number of nitrogens with zero attached hydrogens (tertiary/aromatic N) is 2. The molecule has 1 N–H and O–H groups in total. The van der Waals surface area contributed by atoms with Gasteiger partial charge in [-0.25, -0.2) is 0 Å². The first kappa shape index (κ1) is 22.3. The van der Waals surface area contributed by atoms with E-state index in [1.165, 1.54) is 0 Å². The summed E-state index contributed by atoms with van der Waals surface area (Å²) in [4.78, 5) is 32.0. The summed E-state index contributed by atoms with van der Waals surface area (Å²) in [5.41, 5.74) is 2.97. The third-order valence-electron chi connectivity index (χ3n) is 6.95. The molecule has 1 aliphatic heterocycles. The minimum Gasteiger partial charge on any atom is -0.356 e. The molecule has 2 heterocycles. The molecular formula is C27H33N3O2. The molecule has 1 atom stereocenters. The number of rotatable bonds is 7. The van der Waals surface area contributed by atoms with Gasteiger partial charge in [-0.05, 0) is 73.8 Å². The Labute approximate surface area is 190 Å². The molecule has 2 aromatic rings. The average Bonchev–Trinajstić information content (AvgIpc) is 3.34. The number of piperidine rings is 1. The zero-order valence-electron chi connectivity index (χ0n) is 18.9.